The molecule has 2 aromatic carbocycles. The number of urea groups is 1. The van der Waals surface area contributed by atoms with Gasteiger partial charge in [0.1, 0.15) is 35.4 Å². The number of sulfonamides is 1. The summed E-state index contributed by atoms with van der Waals surface area (Å²) in [5.74, 6) is -8.75. The van der Waals surface area contributed by atoms with Crippen LogP contribution in [0.5, 0.6) is 0 Å². The number of alkyl halides is 2. The number of benzene rings is 2. The van der Waals surface area contributed by atoms with Crippen LogP contribution in [0.4, 0.5) is 37.0 Å². The van der Waals surface area contributed by atoms with E-state index in [1.807, 2.05) is 4.72 Å². The molecular formula is C23H18F6N4O4S. The summed E-state index contributed by atoms with van der Waals surface area (Å²) in [5.41, 5.74) is -1.53. The van der Waals surface area contributed by atoms with Crippen molar-refractivity contribution in [3.8, 4) is 11.1 Å². The second-order valence-electron chi connectivity index (χ2n) is 9.56. The normalized spacial score (nSPS) is 23.4. The number of nitrogens with zero attached hydrogens (tertiary/aromatic N) is 3. The maximum atomic E-state index is 15.2. The van der Waals surface area contributed by atoms with Crippen molar-refractivity contribution in [1.29, 1.82) is 0 Å². The molecule has 1 aliphatic carbocycles. The monoisotopic (exact) mass is 560 g/mol. The molecule has 1 N–H and O–H groups in total. The topological polar surface area (TPSA) is 95.8 Å². The molecule has 2 aliphatic heterocycles. The molecule has 1 aromatic heterocycles. The number of amides is 2. The maximum Gasteiger partial charge on any atom is 0.326 e. The zero-order valence-electron chi connectivity index (χ0n) is 19.2. The van der Waals surface area contributed by atoms with E-state index in [2.05, 4.69) is 5.16 Å². The van der Waals surface area contributed by atoms with Gasteiger partial charge in [0.15, 0.2) is 11.4 Å². The number of halogens is 6. The van der Waals surface area contributed by atoms with Crippen LogP contribution >= 0.6 is 0 Å². The van der Waals surface area contributed by atoms with Crippen LogP contribution < -0.4 is 9.62 Å². The van der Waals surface area contributed by atoms with Crippen LogP contribution in [0.1, 0.15) is 19.3 Å². The fraction of sp³-hybridized carbons (Fsp3) is 0.391. The van der Waals surface area contributed by atoms with E-state index in [9.17, 15) is 30.8 Å². The van der Waals surface area contributed by atoms with Gasteiger partial charge in [-0.05, 0) is 25.3 Å². The third-order valence-electron chi connectivity index (χ3n) is 7.09. The van der Waals surface area contributed by atoms with Crippen molar-refractivity contribution in [3.05, 3.63) is 47.5 Å². The van der Waals surface area contributed by atoms with Crippen LogP contribution in [-0.2, 0) is 10.0 Å². The molecule has 0 unspecified atom stereocenters. The van der Waals surface area contributed by atoms with E-state index >= 15 is 8.78 Å². The first-order valence-corrected chi connectivity index (χ1v) is 13.1. The Balaban J connectivity index is 1.39. The second kappa shape index (κ2) is 8.33. The van der Waals surface area contributed by atoms with Crippen LogP contribution in [0.2, 0.25) is 0 Å². The van der Waals surface area contributed by atoms with Crippen LogP contribution in [0.3, 0.4) is 0 Å². The summed E-state index contributed by atoms with van der Waals surface area (Å²) in [6.45, 7) is -0.956. The summed E-state index contributed by atoms with van der Waals surface area (Å²) in [7, 11) is -3.98. The standard InChI is InChI=1S/C23H18F6N4O4S/c24-10-5-13(19-14(26)6-11(25)7-15(19)27)20-16(8-10)37-30-21(20)32-4-3-18-23(28,29)17(9-33(18)22(32)34)31-38(35,36)12-1-2-12/h5-8,12,17-18,31H,1-4,9H2/t17-,18-/m1/s1. The van der Waals surface area contributed by atoms with E-state index in [4.69, 9.17) is 4.52 Å². The fourth-order valence-corrected chi connectivity index (χ4v) is 6.71. The van der Waals surface area contributed by atoms with Gasteiger partial charge in [0.2, 0.25) is 10.0 Å². The molecule has 202 valence electrons. The quantitative estimate of drug-likeness (QED) is 0.473. The van der Waals surface area contributed by atoms with Gasteiger partial charge in [-0.15, -0.1) is 0 Å². The van der Waals surface area contributed by atoms with Gasteiger partial charge >= 0.3 is 6.03 Å². The van der Waals surface area contributed by atoms with E-state index in [0.29, 0.717) is 25.0 Å². The summed E-state index contributed by atoms with van der Waals surface area (Å²) >= 11 is 0. The first-order chi connectivity index (χ1) is 17.9. The van der Waals surface area contributed by atoms with Crippen LogP contribution in [-0.4, -0.2) is 60.9 Å². The molecule has 3 aromatic rings. The number of carbonyl (C=O) groups excluding carboxylic acids is 1. The number of carbonyl (C=O) groups is 1. The predicted octanol–water partition coefficient (Wildman–Crippen LogP) is 4.15. The molecule has 6 rings (SSSR count). The summed E-state index contributed by atoms with van der Waals surface area (Å²) in [6, 6.07) is -2.02. The Hall–Kier alpha value is -3.33. The SMILES string of the molecule is O=C1N(c2noc3cc(F)cc(-c4c(F)cc(F)cc4F)c23)CC[C@H]2N1C[C@@H](NS(=O)(=O)C1CC1)C2(F)F. The van der Waals surface area contributed by atoms with Gasteiger partial charge in [0.25, 0.3) is 5.92 Å². The minimum absolute atomic E-state index is 0.195. The van der Waals surface area contributed by atoms with E-state index < -0.39 is 80.3 Å². The zero-order valence-corrected chi connectivity index (χ0v) is 20.0. The Bertz CT molecular complexity index is 1570. The van der Waals surface area contributed by atoms with Crippen molar-refractivity contribution in [2.75, 3.05) is 18.0 Å². The predicted molar refractivity (Wildman–Crippen MR) is 121 cm³/mol. The second-order valence-corrected chi connectivity index (χ2v) is 11.5. The average molecular weight is 560 g/mol. The minimum atomic E-state index is -3.98. The molecular weight excluding hydrogens is 542 g/mol. The smallest absolute Gasteiger partial charge is 0.326 e. The van der Waals surface area contributed by atoms with E-state index in [-0.39, 0.29) is 29.8 Å². The first kappa shape index (κ1) is 25.0. The highest BCUT2D eigenvalue weighted by Crippen LogP contribution is 2.44. The summed E-state index contributed by atoms with van der Waals surface area (Å²) in [5, 5.41) is 2.82. The summed E-state index contributed by atoms with van der Waals surface area (Å²) in [6.07, 6.45) is 0.431. The molecule has 2 atom stereocenters. The molecule has 3 fully saturated rings. The van der Waals surface area contributed by atoms with E-state index in [1.165, 1.54) is 0 Å². The van der Waals surface area contributed by atoms with Gasteiger partial charge < -0.3 is 9.42 Å². The molecule has 0 radical (unpaired) electrons. The number of rotatable bonds is 5. The molecule has 0 spiro atoms. The van der Waals surface area contributed by atoms with E-state index in [0.717, 1.165) is 21.9 Å². The van der Waals surface area contributed by atoms with Gasteiger partial charge in [-0.1, -0.05) is 5.16 Å². The number of hydrogen-bond donors (Lipinski definition) is 1. The lowest BCUT2D eigenvalue weighted by atomic mass is 9.99. The molecule has 8 nitrogen and oxygen atoms in total. The summed E-state index contributed by atoms with van der Waals surface area (Å²) < 4.78 is 119. The van der Waals surface area contributed by atoms with Gasteiger partial charge in [-0.2, -0.15) is 0 Å². The van der Waals surface area contributed by atoms with E-state index in [1.54, 1.807) is 0 Å². The average Bonchev–Trinajstić information content (AvgIpc) is 3.55. The van der Waals surface area contributed by atoms with Crippen molar-refractivity contribution >= 4 is 32.8 Å². The molecule has 2 amide bonds. The lowest BCUT2D eigenvalue weighted by Crippen LogP contribution is -2.56. The van der Waals surface area contributed by atoms with Crippen molar-refractivity contribution in [2.24, 2.45) is 0 Å². The van der Waals surface area contributed by atoms with Crippen LogP contribution in [0, 0.1) is 23.3 Å². The number of anilines is 1. The molecule has 3 heterocycles. The van der Waals surface area contributed by atoms with Crippen LogP contribution in [0.25, 0.3) is 22.1 Å². The lowest BCUT2D eigenvalue weighted by molar-refractivity contribution is -0.0448. The molecule has 0 bridgehead atoms. The van der Waals surface area contributed by atoms with Gasteiger partial charge in [-0.3, -0.25) is 4.90 Å². The number of aromatic nitrogens is 1. The molecule has 2 saturated heterocycles. The third kappa shape index (κ3) is 3.82. The summed E-state index contributed by atoms with van der Waals surface area (Å²) in [4.78, 5) is 15.1. The first-order valence-electron chi connectivity index (χ1n) is 11.6. The molecule has 3 aliphatic rings. The number of fused-ring (bicyclic) bond motifs is 2. The highest BCUT2D eigenvalue weighted by molar-refractivity contribution is 7.90. The Labute approximate surface area is 211 Å². The third-order valence-corrected chi connectivity index (χ3v) is 9.05. The minimum Gasteiger partial charge on any atom is -0.354 e. The highest BCUT2D eigenvalue weighted by Gasteiger charge is 2.61. The van der Waals surface area contributed by atoms with Crippen LogP contribution in [0.15, 0.2) is 28.8 Å². The Morgan fingerprint density at radius 2 is 1.66 bits per heavy atom. The fourth-order valence-electron chi connectivity index (χ4n) is 5.14. The Morgan fingerprint density at radius 3 is 2.32 bits per heavy atom. The van der Waals surface area contributed by atoms with Gasteiger partial charge in [0, 0.05) is 36.9 Å². The highest BCUT2D eigenvalue weighted by atomic mass is 32.2. The number of hydrogen-bond acceptors (Lipinski definition) is 5. The zero-order chi connectivity index (χ0) is 27.1. The molecule has 38 heavy (non-hydrogen) atoms. The molecule has 15 heteroatoms. The van der Waals surface area contributed by atoms with Crippen molar-refractivity contribution in [3.63, 3.8) is 0 Å². The van der Waals surface area contributed by atoms with Crippen molar-refractivity contribution in [2.45, 2.75) is 42.5 Å². The van der Waals surface area contributed by atoms with Gasteiger partial charge in [0.05, 0.1) is 16.2 Å². The van der Waals surface area contributed by atoms with Crippen molar-refractivity contribution < 1.29 is 44.1 Å². The van der Waals surface area contributed by atoms with Crippen molar-refractivity contribution in [1.82, 2.24) is 14.8 Å². The maximum absolute atomic E-state index is 15.2. The Kier molecular flexibility index (Phi) is 5.48. The largest absolute Gasteiger partial charge is 0.354 e. The van der Waals surface area contributed by atoms with Gasteiger partial charge in [-0.25, -0.2) is 44.3 Å². The number of nitrogens with one attached hydrogen (secondary N) is 1. The lowest BCUT2D eigenvalue weighted by Gasteiger charge is -2.37. The molecule has 1 saturated carbocycles. The Morgan fingerprint density at radius 1 is 1.00 bits per heavy atom.